The first kappa shape index (κ1) is 44.7. The second kappa shape index (κ2) is 19.1. The zero-order valence-electron chi connectivity index (χ0n) is 31.9. The van der Waals surface area contributed by atoms with Gasteiger partial charge < -0.3 is 38.6 Å². The summed E-state index contributed by atoms with van der Waals surface area (Å²) >= 11 is 4.24. The Hall–Kier alpha value is -0.410. The fraction of sp³-hybridized carbons (Fsp3) is 0.912. The number of hydrogen-bond acceptors (Lipinski definition) is 12. The van der Waals surface area contributed by atoms with Gasteiger partial charge in [-0.1, -0.05) is 27.7 Å². The lowest BCUT2D eigenvalue weighted by atomic mass is 9.71. The number of nitrogens with one attached hydrogen (secondary N) is 2. The maximum atomic E-state index is 14.2. The maximum absolute atomic E-state index is 14.2. The molecule has 3 aliphatic rings. The van der Waals surface area contributed by atoms with E-state index in [0.717, 1.165) is 6.42 Å². The molecule has 286 valence electrons. The average molecular weight is 925 g/mol. The number of likely N-dealkylation sites (N-methyl/N-ethyl adjacent to an activating group) is 1. The summed E-state index contributed by atoms with van der Waals surface area (Å²) in [4.78, 5) is 43.3. The molecule has 3 saturated heterocycles. The Labute approximate surface area is 317 Å². The minimum Gasteiger partial charge on any atom is -0.458 e. The molecule has 3 aliphatic heterocycles. The van der Waals surface area contributed by atoms with E-state index in [1.54, 1.807) is 35.1 Å². The summed E-state index contributed by atoms with van der Waals surface area (Å²) < 4.78 is 37.6. The number of cyclic esters (lactones) is 1. The topological polar surface area (TPSA) is 137 Å². The second-order valence-electron chi connectivity index (χ2n) is 14.5. The number of nitrogens with zero attached hydrogens (tertiary/aromatic N) is 2. The molecule has 15 heteroatoms. The number of rotatable bonds is 8. The molecule has 0 aromatic rings. The predicted molar refractivity (Wildman–Crippen MR) is 204 cm³/mol. The second-order valence-corrected chi connectivity index (χ2v) is 14.5. The molecular weight excluding hydrogens is 862 g/mol. The van der Waals surface area contributed by atoms with Crippen LogP contribution in [0.15, 0.2) is 0 Å². The molecule has 0 spiro atoms. The van der Waals surface area contributed by atoms with Crippen LogP contribution in [0.25, 0.3) is 0 Å². The van der Waals surface area contributed by atoms with Gasteiger partial charge in [0, 0.05) is 76.5 Å². The third-order valence-electron chi connectivity index (χ3n) is 11.2. The normalized spacial score (nSPS) is 42.5. The molecule has 0 bridgehead atoms. The van der Waals surface area contributed by atoms with E-state index >= 15 is 0 Å². The summed E-state index contributed by atoms with van der Waals surface area (Å²) in [5.74, 6) is -3.16. The number of hydrogen-bond donors (Lipinski definition) is 2. The van der Waals surface area contributed by atoms with Crippen molar-refractivity contribution in [1.29, 1.82) is 0 Å². The molecule has 0 aromatic carbocycles. The Bertz CT molecular complexity index is 1110. The molecule has 3 rings (SSSR count). The molecule has 2 N–H and O–H groups in total. The Morgan fingerprint density at radius 1 is 1.04 bits per heavy atom. The highest BCUT2D eigenvalue weighted by molar-refractivity contribution is 15.0. The van der Waals surface area contributed by atoms with Gasteiger partial charge in [0.15, 0.2) is 17.7 Å². The zero-order valence-corrected chi connectivity index (χ0v) is 36.2. The van der Waals surface area contributed by atoms with Crippen LogP contribution in [0.2, 0.25) is 0 Å². The van der Waals surface area contributed by atoms with Crippen molar-refractivity contribution in [3.63, 3.8) is 0 Å². The summed E-state index contributed by atoms with van der Waals surface area (Å²) in [6.45, 7) is 15.2. The molecule has 49 heavy (non-hydrogen) atoms. The Kier molecular flexibility index (Phi) is 17.4. The van der Waals surface area contributed by atoms with Crippen molar-refractivity contribution in [2.24, 2.45) is 23.7 Å². The number of methoxy groups -OCH3 is 2. The fourth-order valence-corrected chi connectivity index (χ4v) is 8.60. The van der Waals surface area contributed by atoms with E-state index in [-0.39, 0.29) is 35.8 Å². The number of Topliss-reactive ketones (excluding diaryl/α,β-unsaturated/α-hetero) is 1. The van der Waals surface area contributed by atoms with Crippen molar-refractivity contribution in [1.82, 2.24) is 20.7 Å². The number of carbonyl (C=O) groups excluding carboxylic acids is 3. The van der Waals surface area contributed by atoms with Gasteiger partial charge in [-0.3, -0.25) is 9.59 Å². The fourth-order valence-electron chi connectivity index (χ4n) is 8.60. The minimum atomic E-state index is -1.19. The summed E-state index contributed by atoms with van der Waals surface area (Å²) in [6, 6.07) is -0.660. The molecule has 13 nitrogen and oxygen atoms in total. The molecule has 0 aliphatic carbocycles. The Balaban J connectivity index is 0.00000409. The smallest absolute Gasteiger partial charge is 0.425 e. The summed E-state index contributed by atoms with van der Waals surface area (Å²) in [7, 11) is 10.8. The summed E-state index contributed by atoms with van der Waals surface area (Å²) in [5.41, 5.74) is 0.806. The van der Waals surface area contributed by atoms with Crippen LogP contribution in [0, 0.1) is 23.7 Å². The first-order valence-corrected chi connectivity index (χ1v) is 23.5. The Morgan fingerprint density at radius 2 is 1.65 bits per heavy atom. The number of carbonyl (C=O) groups is 3. The maximum Gasteiger partial charge on any atom is 0.425 e. The number of amides is 1. The molecule has 0 radical (unpaired) electrons. The van der Waals surface area contributed by atoms with E-state index in [0.29, 0.717) is 12.8 Å². The van der Waals surface area contributed by atoms with Gasteiger partial charge in [-0.05, 0) is 79.9 Å². The van der Waals surface area contributed by atoms with Crippen LogP contribution < -0.4 is 10.7 Å². The van der Waals surface area contributed by atoms with Crippen LogP contribution in [0.3, 0.4) is 0 Å². The van der Waals surface area contributed by atoms with Gasteiger partial charge in [0.1, 0.15) is 18.1 Å². The SMILES string of the molecule is CC[C@H]1OC(=O)C(C)C(=O)C(C)C(OC2OC(C)CC(N(C)C)C2OC)C(C)(OC)CC(C)C(NC)C(C)C2N(NC)C(=O)OC21C.II. The highest BCUT2D eigenvalue weighted by Crippen LogP contribution is 2.43. The quantitative estimate of drug-likeness (QED) is 0.197. The predicted octanol–water partition coefficient (Wildman–Crippen LogP) is 4.77. The highest BCUT2D eigenvalue weighted by atomic mass is 128. The van der Waals surface area contributed by atoms with Crippen LogP contribution in [0.1, 0.15) is 74.7 Å². The van der Waals surface area contributed by atoms with Crippen LogP contribution in [0.5, 0.6) is 0 Å². The molecule has 13 unspecified atom stereocenters. The van der Waals surface area contributed by atoms with E-state index in [1.807, 2.05) is 48.8 Å². The van der Waals surface area contributed by atoms with E-state index < -0.39 is 65.7 Å². The summed E-state index contributed by atoms with van der Waals surface area (Å²) in [5, 5.41) is 4.98. The van der Waals surface area contributed by atoms with Crippen molar-refractivity contribution >= 4 is 55.1 Å². The van der Waals surface area contributed by atoms with E-state index in [9.17, 15) is 14.4 Å². The van der Waals surface area contributed by atoms with Crippen molar-refractivity contribution < 1.29 is 42.8 Å². The summed E-state index contributed by atoms with van der Waals surface area (Å²) in [6.07, 6.45) is -1.91. The first-order chi connectivity index (χ1) is 23.0. The van der Waals surface area contributed by atoms with Crippen LogP contribution in [-0.2, 0) is 38.0 Å². The number of ether oxygens (including phenoxy) is 6. The van der Waals surface area contributed by atoms with Crippen LogP contribution >= 0.6 is 37.2 Å². The lowest BCUT2D eigenvalue weighted by Crippen LogP contribution is -2.63. The zero-order chi connectivity index (χ0) is 37.6. The molecule has 0 aromatic heterocycles. The number of halogens is 2. The highest BCUT2D eigenvalue weighted by Gasteiger charge is 2.60. The molecule has 0 saturated carbocycles. The van der Waals surface area contributed by atoms with Gasteiger partial charge in [0.2, 0.25) is 0 Å². The van der Waals surface area contributed by atoms with Gasteiger partial charge in [-0.15, -0.1) is 0 Å². The van der Waals surface area contributed by atoms with Crippen molar-refractivity contribution in [3.8, 4) is 0 Å². The van der Waals surface area contributed by atoms with Gasteiger partial charge >= 0.3 is 12.1 Å². The standard InChI is InChI=1S/C34H62N4O9.I2/c1-15-24-34(8)28(38(36-10)32(41)47-34)20(4)25(35-9)18(2)17-33(7,43-14)29(21(5)26(39)22(6)30(40)45-24)46-31-27(42-13)23(37(11)12)16-19(3)44-31;1-2/h18-25,27-29,31,35-36H,15-17H2,1-14H3;/t18?,19?,20?,21?,22?,23?,24-,25?,27?,28?,29?,31?,33?,34?;/m1./s1. The lowest BCUT2D eigenvalue weighted by molar-refractivity contribution is -0.299. The number of ketones is 1. The number of fused-ring (bicyclic) bond motifs is 1. The minimum absolute atomic E-state index is 0.0150. The molecule has 1 amide bonds. The van der Waals surface area contributed by atoms with Gasteiger partial charge in [0.05, 0.1) is 23.9 Å². The lowest BCUT2D eigenvalue weighted by Gasteiger charge is -2.49. The van der Waals surface area contributed by atoms with E-state index in [1.165, 1.54) is 5.01 Å². The van der Waals surface area contributed by atoms with E-state index in [4.69, 9.17) is 28.4 Å². The largest absolute Gasteiger partial charge is 0.458 e. The molecular formula is C34H62I2N4O9. The van der Waals surface area contributed by atoms with Crippen LogP contribution in [-0.4, -0.2) is 130 Å². The Morgan fingerprint density at radius 3 is 2.14 bits per heavy atom. The van der Waals surface area contributed by atoms with Crippen LogP contribution in [0.4, 0.5) is 4.79 Å². The first-order valence-electron chi connectivity index (χ1n) is 17.3. The van der Waals surface area contributed by atoms with Gasteiger partial charge in [-0.2, -0.15) is 0 Å². The number of hydrazine groups is 1. The molecule has 14 atom stereocenters. The number of esters is 1. The van der Waals surface area contributed by atoms with Crippen molar-refractivity contribution in [2.45, 2.75) is 135 Å². The third-order valence-corrected chi connectivity index (χ3v) is 11.2. The molecule has 3 fully saturated rings. The van der Waals surface area contributed by atoms with Gasteiger partial charge in [0.25, 0.3) is 0 Å². The monoisotopic (exact) mass is 924 g/mol. The third kappa shape index (κ3) is 9.40. The average Bonchev–Trinajstić information content (AvgIpc) is 3.34. The van der Waals surface area contributed by atoms with Crippen molar-refractivity contribution in [3.05, 3.63) is 0 Å². The molecule has 3 heterocycles. The van der Waals surface area contributed by atoms with E-state index in [2.05, 4.69) is 66.7 Å². The van der Waals surface area contributed by atoms with Gasteiger partial charge in [-0.25, -0.2) is 15.2 Å². The van der Waals surface area contributed by atoms with Crippen molar-refractivity contribution in [2.75, 3.05) is 42.4 Å².